The molecule has 0 aromatic heterocycles. The largest absolute Gasteiger partial charge is 0.381 e. The second kappa shape index (κ2) is 2.26. The van der Waals surface area contributed by atoms with Crippen LogP contribution >= 0.6 is 0 Å². The lowest BCUT2D eigenvalue weighted by Crippen LogP contribution is -2.32. The molecule has 0 aromatic carbocycles. The van der Waals surface area contributed by atoms with Crippen molar-refractivity contribution in [2.45, 2.75) is 44.7 Å². The summed E-state index contributed by atoms with van der Waals surface area (Å²) in [6.07, 6.45) is 3.62. The Kier molecular flexibility index (Phi) is 1.57. The Labute approximate surface area is 69.9 Å². The van der Waals surface area contributed by atoms with Crippen molar-refractivity contribution < 1.29 is 4.74 Å². The van der Waals surface area contributed by atoms with Crippen molar-refractivity contribution in [1.29, 1.82) is 0 Å². The van der Waals surface area contributed by atoms with Crippen molar-refractivity contribution in [3.8, 4) is 0 Å². The highest BCUT2D eigenvalue weighted by atomic mass is 16.5. The molecule has 2 heteroatoms. The van der Waals surface area contributed by atoms with Crippen LogP contribution in [0.5, 0.6) is 0 Å². The second-order valence-electron chi connectivity index (χ2n) is 3.99. The summed E-state index contributed by atoms with van der Waals surface area (Å²) < 4.78 is 5.79. The molecule has 2 aliphatic rings. The van der Waals surface area contributed by atoms with E-state index in [1.54, 1.807) is 0 Å². The van der Waals surface area contributed by atoms with E-state index in [0.717, 1.165) is 6.42 Å². The Balaban J connectivity index is 2.24. The van der Waals surface area contributed by atoms with Crippen LogP contribution in [0.3, 0.4) is 0 Å². The molecule has 4 atom stereocenters. The maximum Gasteiger partial charge on any atom is 0.109 e. The third-order valence-electron chi connectivity index (χ3n) is 3.76. The van der Waals surface area contributed by atoms with Crippen molar-refractivity contribution in [2.75, 3.05) is 0 Å². The molecule has 1 heterocycles. The number of rotatable bonds is 1. The predicted molar refractivity (Wildman–Crippen MR) is 45.5 cm³/mol. The molecule has 0 amide bonds. The van der Waals surface area contributed by atoms with Crippen LogP contribution in [0.2, 0.25) is 0 Å². The number of hydrogen-bond acceptors (Lipinski definition) is 1. The Bertz CT molecular complexity index is 171. The van der Waals surface area contributed by atoms with Crippen LogP contribution in [0.4, 0.5) is 0 Å². The minimum Gasteiger partial charge on any atom is -0.381 e. The summed E-state index contributed by atoms with van der Waals surface area (Å²) >= 11 is 0. The van der Waals surface area contributed by atoms with Gasteiger partial charge in [-0.3, -0.25) is 0 Å². The quantitative estimate of drug-likeness (QED) is 0.517. The Hall–Kier alpha value is 0.0249. The molecular formula is C9H15BO. The van der Waals surface area contributed by atoms with Crippen LogP contribution in [0.15, 0.2) is 0 Å². The zero-order chi connectivity index (χ0) is 8.06. The molecule has 1 aliphatic heterocycles. The van der Waals surface area contributed by atoms with E-state index in [1.807, 2.05) is 0 Å². The van der Waals surface area contributed by atoms with Gasteiger partial charge < -0.3 is 4.74 Å². The molecule has 2 fully saturated rings. The highest BCUT2D eigenvalue weighted by molar-refractivity contribution is 6.11. The molecular weight excluding hydrogens is 135 g/mol. The predicted octanol–water partition coefficient (Wildman–Crippen LogP) is 1.71. The minimum absolute atomic E-state index is 0.0266. The van der Waals surface area contributed by atoms with Gasteiger partial charge >= 0.3 is 0 Å². The fourth-order valence-electron chi connectivity index (χ4n) is 2.83. The van der Waals surface area contributed by atoms with Crippen LogP contribution < -0.4 is 0 Å². The molecule has 60 valence electrons. The maximum absolute atomic E-state index is 5.85. The monoisotopic (exact) mass is 150 g/mol. The van der Waals surface area contributed by atoms with Crippen molar-refractivity contribution in [2.24, 2.45) is 11.8 Å². The normalized spacial score (nSPS) is 55.3. The smallest absolute Gasteiger partial charge is 0.109 e. The highest BCUT2D eigenvalue weighted by Crippen LogP contribution is 2.53. The zero-order valence-electron chi connectivity index (χ0n) is 7.34. The topological polar surface area (TPSA) is 9.23 Å². The Morgan fingerprint density at radius 1 is 1.64 bits per heavy atom. The third kappa shape index (κ3) is 0.822. The van der Waals surface area contributed by atoms with Gasteiger partial charge in [0.15, 0.2) is 0 Å². The first kappa shape index (κ1) is 7.66. The average molecular weight is 150 g/mol. The Morgan fingerprint density at radius 2 is 2.36 bits per heavy atom. The fraction of sp³-hybridized carbons (Fsp3) is 1.00. The summed E-state index contributed by atoms with van der Waals surface area (Å²) in [5.74, 6) is 1.32. The average Bonchev–Trinajstić information content (AvgIpc) is 2.42. The van der Waals surface area contributed by atoms with Gasteiger partial charge in [0.25, 0.3) is 0 Å². The van der Waals surface area contributed by atoms with E-state index in [-0.39, 0.29) is 11.6 Å². The zero-order valence-corrected chi connectivity index (χ0v) is 7.34. The van der Waals surface area contributed by atoms with Crippen molar-refractivity contribution in [3.63, 3.8) is 0 Å². The first-order valence-corrected chi connectivity index (χ1v) is 4.63. The lowest BCUT2D eigenvalue weighted by Gasteiger charge is -2.30. The van der Waals surface area contributed by atoms with Crippen LogP contribution in [0, 0.1) is 11.8 Å². The molecule has 0 aromatic rings. The third-order valence-corrected chi connectivity index (χ3v) is 3.76. The van der Waals surface area contributed by atoms with Gasteiger partial charge in [-0.2, -0.15) is 0 Å². The highest BCUT2D eigenvalue weighted by Gasteiger charge is 2.54. The molecule has 0 spiro atoms. The molecule has 1 aliphatic carbocycles. The maximum atomic E-state index is 5.85. The van der Waals surface area contributed by atoms with Crippen molar-refractivity contribution in [1.82, 2.24) is 0 Å². The summed E-state index contributed by atoms with van der Waals surface area (Å²) in [7, 11) is 5.85. The van der Waals surface area contributed by atoms with Crippen molar-refractivity contribution >= 4 is 7.85 Å². The SMILES string of the molecule is [B]C1OC2(CC)CC[C@@H]1[C@H]2C. The fourth-order valence-corrected chi connectivity index (χ4v) is 2.83. The molecule has 1 saturated heterocycles. The number of hydrogen-bond donors (Lipinski definition) is 0. The number of ether oxygens (including phenoxy) is 1. The molecule has 2 unspecified atom stereocenters. The summed E-state index contributed by atoms with van der Waals surface area (Å²) in [6.45, 7) is 4.49. The van der Waals surface area contributed by atoms with Gasteiger partial charge in [0.1, 0.15) is 7.85 Å². The van der Waals surface area contributed by atoms with E-state index < -0.39 is 0 Å². The lowest BCUT2D eigenvalue weighted by molar-refractivity contribution is -0.0489. The van der Waals surface area contributed by atoms with Gasteiger partial charge in [-0.15, -0.1) is 0 Å². The molecule has 1 nitrogen and oxygen atoms in total. The van der Waals surface area contributed by atoms with E-state index in [0.29, 0.717) is 11.8 Å². The Morgan fingerprint density at radius 3 is 2.64 bits per heavy atom. The summed E-state index contributed by atoms with van der Waals surface area (Å²) in [6, 6.07) is 0.0266. The van der Waals surface area contributed by atoms with Crippen LogP contribution in [-0.4, -0.2) is 19.5 Å². The second-order valence-corrected chi connectivity index (χ2v) is 3.99. The van der Waals surface area contributed by atoms with Crippen molar-refractivity contribution in [3.05, 3.63) is 0 Å². The van der Waals surface area contributed by atoms with Crippen LogP contribution in [0.25, 0.3) is 0 Å². The van der Waals surface area contributed by atoms with E-state index in [1.165, 1.54) is 12.8 Å². The van der Waals surface area contributed by atoms with E-state index >= 15 is 0 Å². The van der Waals surface area contributed by atoms with E-state index in [4.69, 9.17) is 12.6 Å². The van der Waals surface area contributed by atoms with Gasteiger partial charge in [-0.05, 0) is 31.1 Å². The number of fused-ring (bicyclic) bond motifs is 2. The van der Waals surface area contributed by atoms with Gasteiger partial charge in [-0.25, -0.2) is 0 Å². The molecule has 2 rings (SSSR count). The van der Waals surface area contributed by atoms with Crippen LogP contribution in [-0.2, 0) is 4.74 Å². The van der Waals surface area contributed by atoms with Gasteiger partial charge in [0.05, 0.1) is 5.60 Å². The first-order chi connectivity index (χ1) is 5.19. The first-order valence-electron chi connectivity index (χ1n) is 4.63. The molecule has 11 heavy (non-hydrogen) atoms. The summed E-state index contributed by atoms with van der Waals surface area (Å²) in [5.41, 5.74) is 0.157. The molecule has 2 bridgehead atoms. The summed E-state index contributed by atoms with van der Waals surface area (Å²) in [5, 5.41) is 0. The van der Waals surface area contributed by atoms with E-state index in [2.05, 4.69) is 13.8 Å². The molecule has 1 saturated carbocycles. The lowest BCUT2D eigenvalue weighted by atomic mass is 9.81. The van der Waals surface area contributed by atoms with Gasteiger partial charge in [-0.1, -0.05) is 13.8 Å². The summed E-state index contributed by atoms with van der Waals surface area (Å²) in [4.78, 5) is 0. The van der Waals surface area contributed by atoms with Gasteiger partial charge in [0.2, 0.25) is 0 Å². The van der Waals surface area contributed by atoms with Crippen LogP contribution in [0.1, 0.15) is 33.1 Å². The van der Waals surface area contributed by atoms with Gasteiger partial charge in [0, 0.05) is 6.00 Å². The standard InChI is InChI=1S/C9H15BO/c1-3-9-5-4-7(6(9)2)8(10)11-9/h6-8H,3-5H2,1-2H3/t6-,7-,8?,9?/m1/s1. The molecule has 0 N–H and O–H groups in total. The molecule has 2 radical (unpaired) electrons. The van der Waals surface area contributed by atoms with E-state index in [9.17, 15) is 0 Å². The minimum atomic E-state index is 0.0266.